The zero-order valence-electron chi connectivity index (χ0n) is 14.2. The molecule has 3 rings (SSSR count). The minimum Gasteiger partial charge on any atom is -0.355 e. The number of amides is 2. The van der Waals surface area contributed by atoms with Crippen LogP contribution < -0.4 is 14.9 Å². The van der Waals surface area contributed by atoms with Crippen molar-refractivity contribution in [3.8, 4) is 0 Å². The molecule has 2 N–H and O–H groups in total. The van der Waals surface area contributed by atoms with Crippen LogP contribution in [-0.4, -0.2) is 33.8 Å². The second-order valence-corrected chi connectivity index (χ2v) is 7.59. The van der Waals surface area contributed by atoms with Crippen molar-refractivity contribution < 1.29 is 18.0 Å². The number of hydrogen-bond donors (Lipinski definition) is 2. The van der Waals surface area contributed by atoms with E-state index < -0.39 is 10.0 Å². The smallest absolute Gasteiger partial charge is 0.261 e. The van der Waals surface area contributed by atoms with Crippen LogP contribution in [0.25, 0.3) is 0 Å². The molecule has 2 amide bonds. The molecule has 1 saturated heterocycles. The van der Waals surface area contributed by atoms with Gasteiger partial charge < -0.3 is 10.2 Å². The molecule has 0 spiro atoms. The van der Waals surface area contributed by atoms with Crippen LogP contribution >= 0.6 is 0 Å². The van der Waals surface area contributed by atoms with Gasteiger partial charge in [-0.3, -0.25) is 14.3 Å². The molecule has 1 aliphatic heterocycles. The number of nitrogens with one attached hydrogen (secondary N) is 2. The van der Waals surface area contributed by atoms with Gasteiger partial charge in [0.2, 0.25) is 5.91 Å². The Kier molecular flexibility index (Phi) is 4.94. The highest BCUT2D eigenvalue weighted by molar-refractivity contribution is 7.92. The Labute approximate surface area is 152 Å². The fourth-order valence-electron chi connectivity index (χ4n) is 2.77. The Bertz CT molecular complexity index is 922. The van der Waals surface area contributed by atoms with E-state index in [1.165, 1.54) is 31.3 Å². The largest absolute Gasteiger partial charge is 0.355 e. The average molecular weight is 373 g/mol. The van der Waals surface area contributed by atoms with Crippen LogP contribution in [0.15, 0.2) is 53.4 Å². The van der Waals surface area contributed by atoms with Crippen molar-refractivity contribution in [2.45, 2.75) is 17.7 Å². The van der Waals surface area contributed by atoms with Crippen LogP contribution in [0.1, 0.15) is 23.2 Å². The summed E-state index contributed by atoms with van der Waals surface area (Å²) in [5.74, 6) is -0.205. The lowest BCUT2D eigenvalue weighted by molar-refractivity contribution is -0.117. The first-order valence-electron chi connectivity index (χ1n) is 8.16. The van der Waals surface area contributed by atoms with E-state index in [4.69, 9.17) is 0 Å². The Balaban J connectivity index is 1.74. The van der Waals surface area contributed by atoms with Crippen molar-refractivity contribution >= 4 is 33.2 Å². The van der Waals surface area contributed by atoms with Gasteiger partial charge in [0.05, 0.1) is 4.90 Å². The number of carbonyl (C=O) groups is 2. The molecule has 0 aromatic heterocycles. The van der Waals surface area contributed by atoms with Crippen molar-refractivity contribution in [1.29, 1.82) is 0 Å². The van der Waals surface area contributed by atoms with E-state index in [2.05, 4.69) is 10.0 Å². The van der Waals surface area contributed by atoms with Crippen LogP contribution in [0.4, 0.5) is 11.4 Å². The molecule has 0 aliphatic carbocycles. The number of benzene rings is 2. The standard InChI is InChI=1S/C18H19N3O4S/c1-19-18(23)13-4-10-16(11-5-13)26(24,25)20-14-6-8-15(9-7-14)21-12-2-3-17(21)22/h4-11,20H,2-3,12H2,1H3,(H,19,23). The number of nitrogens with zero attached hydrogens (tertiary/aromatic N) is 1. The third-order valence-corrected chi connectivity index (χ3v) is 5.56. The van der Waals surface area contributed by atoms with Gasteiger partial charge >= 0.3 is 0 Å². The number of anilines is 2. The van der Waals surface area contributed by atoms with Gasteiger partial charge in [0.15, 0.2) is 0 Å². The molecule has 2 aromatic carbocycles. The summed E-state index contributed by atoms with van der Waals surface area (Å²) < 4.78 is 27.4. The molecule has 0 bridgehead atoms. The molecular weight excluding hydrogens is 354 g/mol. The van der Waals surface area contributed by atoms with E-state index in [1.807, 2.05) is 0 Å². The van der Waals surface area contributed by atoms with Gasteiger partial charge in [-0.05, 0) is 55.0 Å². The van der Waals surface area contributed by atoms with Crippen molar-refractivity contribution in [3.05, 3.63) is 54.1 Å². The van der Waals surface area contributed by atoms with Gasteiger partial charge in [-0.2, -0.15) is 0 Å². The second-order valence-electron chi connectivity index (χ2n) is 5.90. The summed E-state index contributed by atoms with van der Waals surface area (Å²) >= 11 is 0. The Morgan fingerprint density at radius 2 is 1.69 bits per heavy atom. The lowest BCUT2D eigenvalue weighted by atomic mass is 10.2. The predicted molar refractivity (Wildman–Crippen MR) is 98.7 cm³/mol. The molecule has 0 atom stereocenters. The Hall–Kier alpha value is -2.87. The highest BCUT2D eigenvalue weighted by Crippen LogP contribution is 2.24. The highest BCUT2D eigenvalue weighted by atomic mass is 32.2. The fraction of sp³-hybridized carbons (Fsp3) is 0.222. The number of hydrogen-bond acceptors (Lipinski definition) is 4. The maximum atomic E-state index is 12.5. The van der Waals surface area contributed by atoms with Crippen molar-refractivity contribution in [2.75, 3.05) is 23.2 Å². The van der Waals surface area contributed by atoms with Crippen molar-refractivity contribution in [1.82, 2.24) is 5.32 Å². The summed E-state index contributed by atoms with van der Waals surface area (Å²) in [5, 5.41) is 2.48. The summed E-state index contributed by atoms with van der Waals surface area (Å²) in [6, 6.07) is 12.3. The maximum absolute atomic E-state index is 12.5. The minimum atomic E-state index is -3.77. The third-order valence-electron chi connectivity index (χ3n) is 4.16. The molecule has 0 unspecified atom stereocenters. The second kappa shape index (κ2) is 7.17. The van der Waals surface area contributed by atoms with E-state index in [9.17, 15) is 18.0 Å². The zero-order chi connectivity index (χ0) is 18.7. The molecule has 0 radical (unpaired) electrons. The fourth-order valence-corrected chi connectivity index (χ4v) is 3.83. The van der Waals surface area contributed by atoms with Gasteiger partial charge in [0.25, 0.3) is 15.9 Å². The molecule has 26 heavy (non-hydrogen) atoms. The molecule has 2 aromatic rings. The summed E-state index contributed by atoms with van der Waals surface area (Å²) in [6.07, 6.45) is 1.37. The van der Waals surface area contributed by atoms with Crippen LogP contribution in [0.3, 0.4) is 0 Å². The van der Waals surface area contributed by atoms with Gasteiger partial charge in [-0.1, -0.05) is 0 Å². The molecule has 0 saturated carbocycles. The van der Waals surface area contributed by atoms with E-state index in [0.29, 0.717) is 24.2 Å². The lowest BCUT2D eigenvalue weighted by Crippen LogP contribution is -2.23. The lowest BCUT2D eigenvalue weighted by Gasteiger charge is -2.16. The summed E-state index contributed by atoms with van der Waals surface area (Å²) in [7, 11) is -2.26. The molecule has 1 fully saturated rings. The van der Waals surface area contributed by atoms with Gasteiger partial charge in [-0.15, -0.1) is 0 Å². The highest BCUT2D eigenvalue weighted by Gasteiger charge is 2.21. The van der Waals surface area contributed by atoms with Gasteiger partial charge in [0, 0.05) is 37.0 Å². The summed E-state index contributed by atoms with van der Waals surface area (Å²) in [6.45, 7) is 0.682. The van der Waals surface area contributed by atoms with Crippen LogP contribution in [0, 0.1) is 0 Å². The van der Waals surface area contributed by atoms with E-state index in [0.717, 1.165) is 12.1 Å². The molecule has 7 nitrogen and oxygen atoms in total. The van der Waals surface area contributed by atoms with E-state index in [-0.39, 0.29) is 16.7 Å². The molecule has 136 valence electrons. The predicted octanol–water partition coefficient (Wildman–Crippen LogP) is 1.97. The zero-order valence-corrected chi connectivity index (χ0v) is 15.0. The monoisotopic (exact) mass is 373 g/mol. The van der Waals surface area contributed by atoms with E-state index in [1.54, 1.807) is 29.2 Å². The maximum Gasteiger partial charge on any atom is 0.261 e. The quantitative estimate of drug-likeness (QED) is 0.838. The Morgan fingerprint density at radius 3 is 2.23 bits per heavy atom. The first-order chi connectivity index (χ1) is 12.4. The summed E-state index contributed by atoms with van der Waals surface area (Å²) in [4.78, 5) is 25.0. The van der Waals surface area contributed by atoms with Crippen molar-refractivity contribution in [2.24, 2.45) is 0 Å². The summed E-state index contributed by atoms with van der Waals surface area (Å²) in [5.41, 5.74) is 1.53. The minimum absolute atomic E-state index is 0.0592. The number of rotatable bonds is 5. The van der Waals surface area contributed by atoms with Crippen LogP contribution in [0.5, 0.6) is 0 Å². The number of carbonyl (C=O) groups excluding carboxylic acids is 2. The van der Waals surface area contributed by atoms with Gasteiger partial charge in [-0.25, -0.2) is 8.42 Å². The molecule has 1 heterocycles. The SMILES string of the molecule is CNC(=O)c1ccc(S(=O)(=O)Nc2ccc(N3CCCC3=O)cc2)cc1. The number of sulfonamides is 1. The average Bonchev–Trinajstić information content (AvgIpc) is 3.07. The Morgan fingerprint density at radius 1 is 1.04 bits per heavy atom. The van der Waals surface area contributed by atoms with Crippen molar-refractivity contribution in [3.63, 3.8) is 0 Å². The van der Waals surface area contributed by atoms with E-state index >= 15 is 0 Å². The molecular formula is C18H19N3O4S. The van der Waals surface area contributed by atoms with Gasteiger partial charge in [0.1, 0.15) is 0 Å². The first kappa shape index (κ1) is 17.9. The first-order valence-corrected chi connectivity index (χ1v) is 9.64. The topological polar surface area (TPSA) is 95.6 Å². The van der Waals surface area contributed by atoms with Crippen LogP contribution in [-0.2, 0) is 14.8 Å². The third kappa shape index (κ3) is 3.70. The molecule has 1 aliphatic rings. The normalized spacial score (nSPS) is 14.3. The van der Waals surface area contributed by atoms with Crippen LogP contribution in [0.2, 0.25) is 0 Å². The molecule has 8 heteroatoms.